The predicted octanol–water partition coefficient (Wildman–Crippen LogP) is 3.11. The van der Waals surface area contributed by atoms with Gasteiger partial charge >= 0.3 is 0 Å². The van der Waals surface area contributed by atoms with Crippen molar-refractivity contribution in [1.82, 2.24) is 10.2 Å². The van der Waals surface area contributed by atoms with Gasteiger partial charge in [0.05, 0.1) is 12.2 Å². The van der Waals surface area contributed by atoms with Gasteiger partial charge in [0, 0.05) is 36.7 Å². The van der Waals surface area contributed by atoms with Crippen LogP contribution in [0.3, 0.4) is 0 Å². The van der Waals surface area contributed by atoms with Crippen LogP contribution in [0.25, 0.3) is 0 Å². The second-order valence-electron chi connectivity index (χ2n) is 9.17. The van der Waals surface area contributed by atoms with Gasteiger partial charge in [0.25, 0.3) is 5.91 Å². The van der Waals surface area contributed by atoms with E-state index >= 15 is 0 Å². The molecule has 1 aliphatic carbocycles. The number of nitrogens with zero attached hydrogens (tertiary/aromatic N) is 1. The highest BCUT2D eigenvalue weighted by Gasteiger charge is 2.40. The lowest BCUT2D eigenvalue weighted by molar-refractivity contribution is 0.00482. The lowest BCUT2D eigenvalue weighted by Gasteiger charge is -2.38. The number of amides is 1. The first-order valence-electron chi connectivity index (χ1n) is 11.6. The molecule has 0 unspecified atom stereocenters. The third-order valence-corrected chi connectivity index (χ3v) is 7.26. The van der Waals surface area contributed by atoms with Crippen LogP contribution in [0.5, 0.6) is 0 Å². The van der Waals surface area contributed by atoms with Gasteiger partial charge in [-0.1, -0.05) is 48.5 Å². The zero-order valence-corrected chi connectivity index (χ0v) is 18.1. The van der Waals surface area contributed by atoms with E-state index in [0.29, 0.717) is 18.5 Å². The number of rotatable bonds is 5. The molecule has 4 rings (SSSR count). The Hall–Kier alpha value is -2.21. The number of aliphatic hydroxyl groups is 2. The van der Waals surface area contributed by atoms with Crippen LogP contribution in [-0.2, 0) is 5.41 Å². The number of hydrogen-bond donors (Lipinski definition) is 3. The van der Waals surface area contributed by atoms with Gasteiger partial charge in [-0.2, -0.15) is 0 Å². The third-order valence-electron chi connectivity index (χ3n) is 7.26. The van der Waals surface area contributed by atoms with Crippen LogP contribution in [0.4, 0.5) is 0 Å². The summed E-state index contributed by atoms with van der Waals surface area (Å²) in [5.74, 6) is -0.0535. The van der Waals surface area contributed by atoms with Gasteiger partial charge in [-0.25, -0.2) is 0 Å². The van der Waals surface area contributed by atoms with Crippen LogP contribution in [0, 0.1) is 0 Å². The lowest BCUT2D eigenvalue weighted by atomic mass is 9.74. The lowest BCUT2D eigenvalue weighted by Crippen LogP contribution is -2.48. The molecule has 3 atom stereocenters. The Labute approximate surface area is 185 Å². The largest absolute Gasteiger partial charge is 0.393 e. The Kier molecular flexibility index (Phi) is 7.06. The topological polar surface area (TPSA) is 72.8 Å². The van der Waals surface area contributed by atoms with Crippen molar-refractivity contribution in [1.29, 1.82) is 0 Å². The number of carbonyl (C=O) groups excluding carboxylic acids is 1. The third kappa shape index (κ3) is 5.17. The van der Waals surface area contributed by atoms with Gasteiger partial charge in [-0.3, -0.25) is 9.69 Å². The Bertz CT molecular complexity index is 836. The fraction of sp³-hybridized carbons (Fsp3) is 0.500. The first-order chi connectivity index (χ1) is 15.1. The van der Waals surface area contributed by atoms with E-state index in [-0.39, 0.29) is 29.6 Å². The molecular formula is C26H34N2O3. The van der Waals surface area contributed by atoms with Crippen LogP contribution in [0.15, 0.2) is 60.7 Å². The summed E-state index contributed by atoms with van der Waals surface area (Å²) >= 11 is 0. The molecule has 1 amide bonds. The Morgan fingerprint density at radius 3 is 2.19 bits per heavy atom. The van der Waals surface area contributed by atoms with E-state index in [1.54, 1.807) is 0 Å². The number of nitrogens with one attached hydrogen (secondary N) is 1. The van der Waals surface area contributed by atoms with Crippen molar-refractivity contribution in [2.24, 2.45) is 0 Å². The molecule has 166 valence electrons. The standard InChI is InChI=1S/C26H34N2O3/c29-22-13-17-28(18-14-22)23-11-15-26(16-12-24(23)30,21-9-5-2-6-10-21)19-27-25(31)20-7-3-1-4-8-20/h1-10,22-24,29-30H,11-19H2,(H,27,31)/t23-,24-,26-/m0/s1. The highest BCUT2D eigenvalue weighted by Crippen LogP contribution is 2.39. The Balaban J connectivity index is 1.52. The molecule has 1 saturated heterocycles. The van der Waals surface area contributed by atoms with Crippen LogP contribution < -0.4 is 5.32 Å². The molecule has 2 fully saturated rings. The first-order valence-corrected chi connectivity index (χ1v) is 11.6. The fourth-order valence-electron chi connectivity index (χ4n) is 5.30. The van der Waals surface area contributed by atoms with E-state index < -0.39 is 0 Å². The van der Waals surface area contributed by atoms with Crippen molar-refractivity contribution in [3.05, 3.63) is 71.8 Å². The quantitative estimate of drug-likeness (QED) is 0.648. The van der Waals surface area contributed by atoms with Crippen LogP contribution in [0.2, 0.25) is 0 Å². The first kappa shape index (κ1) is 22.0. The van der Waals surface area contributed by atoms with Crippen molar-refractivity contribution >= 4 is 5.91 Å². The Morgan fingerprint density at radius 2 is 1.52 bits per heavy atom. The number of likely N-dealkylation sites (tertiary alicyclic amines) is 1. The summed E-state index contributed by atoms with van der Waals surface area (Å²) in [7, 11) is 0. The average molecular weight is 423 g/mol. The van der Waals surface area contributed by atoms with Gasteiger partial charge < -0.3 is 15.5 Å². The van der Waals surface area contributed by atoms with Crippen molar-refractivity contribution in [2.45, 2.75) is 62.2 Å². The summed E-state index contributed by atoms with van der Waals surface area (Å²) in [4.78, 5) is 15.1. The molecule has 31 heavy (non-hydrogen) atoms. The van der Waals surface area contributed by atoms with E-state index in [1.807, 2.05) is 36.4 Å². The number of piperidine rings is 1. The van der Waals surface area contributed by atoms with Gasteiger partial charge in [0.1, 0.15) is 0 Å². The van der Waals surface area contributed by atoms with Gasteiger partial charge in [0.15, 0.2) is 0 Å². The molecule has 1 aliphatic heterocycles. The monoisotopic (exact) mass is 422 g/mol. The molecule has 0 spiro atoms. The molecule has 2 aromatic carbocycles. The maximum Gasteiger partial charge on any atom is 0.251 e. The second-order valence-corrected chi connectivity index (χ2v) is 9.17. The second kappa shape index (κ2) is 9.94. The molecule has 0 aromatic heterocycles. The molecule has 0 radical (unpaired) electrons. The fourth-order valence-corrected chi connectivity index (χ4v) is 5.30. The number of aliphatic hydroxyl groups excluding tert-OH is 2. The molecule has 2 aromatic rings. The molecular weight excluding hydrogens is 388 g/mol. The highest BCUT2D eigenvalue weighted by molar-refractivity contribution is 5.94. The molecule has 5 heteroatoms. The maximum atomic E-state index is 12.8. The molecule has 1 heterocycles. The zero-order valence-electron chi connectivity index (χ0n) is 18.1. The van der Waals surface area contributed by atoms with Crippen molar-refractivity contribution in [2.75, 3.05) is 19.6 Å². The minimum atomic E-state index is -0.384. The summed E-state index contributed by atoms with van der Waals surface area (Å²) in [5, 5.41) is 24.1. The Morgan fingerprint density at radius 1 is 0.903 bits per heavy atom. The smallest absolute Gasteiger partial charge is 0.251 e. The van der Waals surface area contributed by atoms with Crippen molar-refractivity contribution in [3.63, 3.8) is 0 Å². The van der Waals surface area contributed by atoms with Crippen LogP contribution in [-0.4, -0.2) is 58.9 Å². The summed E-state index contributed by atoms with van der Waals surface area (Å²) in [6, 6.07) is 19.9. The van der Waals surface area contributed by atoms with Crippen LogP contribution >= 0.6 is 0 Å². The van der Waals surface area contributed by atoms with E-state index in [2.05, 4.69) is 34.5 Å². The summed E-state index contributed by atoms with van der Waals surface area (Å²) in [5.41, 5.74) is 1.70. The minimum absolute atomic E-state index is 0.0535. The van der Waals surface area contributed by atoms with E-state index in [4.69, 9.17) is 0 Å². The number of carbonyl (C=O) groups is 1. The van der Waals surface area contributed by atoms with Gasteiger partial charge in [0.2, 0.25) is 0 Å². The summed E-state index contributed by atoms with van der Waals surface area (Å²) in [6.45, 7) is 2.24. The number of hydrogen-bond acceptors (Lipinski definition) is 4. The van der Waals surface area contributed by atoms with Gasteiger partial charge in [-0.15, -0.1) is 0 Å². The van der Waals surface area contributed by atoms with Crippen molar-refractivity contribution in [3.8, 4) is 0 Å². The molecule has 2 aliphatic rings. The summed E-state index contributed by atoms with van der Waals surface area (Å²) < 4.78 is 0. The van der Waals surface area contributed by atoms with Crippen LogP contribution in [0.1, 0.15) is 54.4 Å². The van der Waals surface area contributed by atoms with E-state index in [0.717, 1.165) is 45.2 Å². The summed E-state index contributed by atoms with van der Waals surface area (Å²) in [6.07, 6.45) is 4.29. The molecule has 0 bridgehead atoms. The van der Waals surface area contributed by atoms with Gasteiger partial charge in [-0.05, 0) is 56.2 Å². The minimum Gasteiger partial charge on any atom is -0.393 e. The number of benzene rings is 2. The SMILES string of the molecule is O=C(NC[C@@]1(c2ccccc2)CC[C@H](O)[C@@H](N2CCC(O)CC2)CC1)c1ccccc1. The highest BCUT2D eigenvalue weighted by atomic mass is 16.3. The molecule has 5 nitrogen and oxygen atoms in total. The van der Waals surface area contributed by atoms with E-state index in [1.165, 1.54) is 5.56 Å². The normalized spacial score (nSPS) is 28.1. The van der Waals surface area contributed by atoms with E-state index in [9.17, 15) is 15.0 Å². The maximum absolute atomic E-state index is 12.8. The zero-order chi connectivity index (χ0) is 21.7. The predicted molar refractivity (Wildman–Crippen MR) is 122 cm³/mol. The van der Waals surface area contributed by atoms with Crippen molar-refractivity contribution < 1.29 is 15.0 Å². The molecule has 3 N–H and O–H groups in total. The molecule has 1 saturated carbocycles. The average Bonchev–Trinajstić information content (AvgIpc) is 2.99.